The molecule has 2 aromatic rings. The van der Waals surface area contributed by atoms with Crippen molar-refractivity contribution in [2.24, 2.45) is 0 Å². The zero-order valence-electron chi connectivity index (χ0n) is 14.9. The molecular formula is C19H22N2O5. The molecule has 0 fully saturated rings. The van der Waals surface area contributed by atoms with E-state index >= 15 is 0 Å². The Morgan fingerprint density at radius 2 is 1.81 bits per heavy atom. The lowest BCUT2D eigenvalue weighted by molar-refractivity contribution is -0.136. The van der Waals surface area contributed by atoms with E-state index in [-0.39, 0.29) is 5.57 Å². The van der Waals surface area contributed by atoms with Crippen LogP contribution in [0.4, 0.5) is 4.79 Å². The molecule has 1 heterocycles. The number of carbonyl (C=O) groups excluding carboxylic acids is 2. The minimum Gasteiger partial charge on any atom is -0.467 e. The van der Waals surface area contributed by atoms with Crippen LogP contribution in [0.1, 0.15) is 24.3 Å². The number of ether oxygens (including phenoxy) is 2. The number of amides is 1. The first kappa shape index (κ1) is 19.1. The van der Waals surface area contributed by atoms with Crippen LogP contribution in [-0.2, 0) is 20.8 Å². The minimum atomic E-state index is -0.854. The molecule has 2 rings (SSSR count). The number of alkyl carbamates (subject to hydrolysis) is 1. The second kappa shape index (κ2) is 9.31. The highest BCUT2D eigenvalue weighted by molar-refractivity contribution is 5.91. The van der Waals surface area contributed by atoms with Crippen LogP contribution in [0.3, 0.4) is 0 Å². The third-order valence-corrected chi connectivity index (χ3v) is 3.77. The molecule has 1 amide bonds. The zero-order valence-corrected chi connectivity index (χ0v) is 14.9. The van der Waals surface area contributed by atoms with Crippen molar-refractivity contribution in [3.05, 3.63) is 71.3 Å². The molecule has 26 heavy (non-hydrogen) atoms. The summed E-state index contributed by atoms with van der Waals surface area (Å²) in [6, 6.07) is 12.2. The van der Waals surface area contributed by atoms with Crippen LogP contribution in [0.5, 0.6) is 0 Å². The molecule has 2 N–H and O–H groups in total. The summed E-state index contributed by atoms with van der Waals surface area (Å²) >= 11 is 0. The highest BCUT2D eigenvalue weighted by Gasteiger charge is 2.30. The lowest BCUT2D eigenvalue weighted by Gasteiger charge is -2.21. The normalized spacial score (nSPS) is 12.6. The molecule has 0 bridgehead atoms. The van der Waals surface area contributed by atoms with Gasteiger partial charge in [0.05, 0.1) is 26.1 Å². The van der Waals surface area contributed by atoms with E-state index in [0.29, 0.717) is 18.0 Å². The van der Waals surface area contributed by atoms with Gasteiger partial charge in [-0.1, -0.05) is 30.3 Å². The molecule has 1 atom stereocenters. The number of furan rings is 1. The molecule has 0 spiro atoms. The first-order valence-electron chi connectivity index (χ1n) is 8.01. The quantitative estimate of drug-likeness (QED) is 0.584. The number of hydrogen-bond acceptors (Lipinski definition) is 6. The van der Waals surface area contributed by atoms with Gasteiger partial charge < -0.3 is 24.5 Å². The molecule has 1 aromatic heterocycles. The second-order valence-electron chi connectivity index (χ2n) is 5.45. The molecule has 7 heteroatoms. The van der Waals surface area contributed by atoms with Crippen LogP contribution >= 0.6 is 0 Å². The van der Waals surface area contributed by atoms with Gasteiger partial charge in [0, 0.05) is 12.2 Å². The molecule has 7 nitrogen and oxygen atoms in total. The van der Waals surface area contributed by atoms with Crippen molar-refractivity contribution in [2.75, 3.05) is 14.2 Å². The molecule has 138 valence electrons. The lowest BCUT2D eigenvalue weighted by Crippen LogP contribution is -2.34. The maximum absolute atomic E-state index is 12.4. The average molecular weight is 358 g/mol. The Hall–Kier alpha value is -3.22. The van der Waals surface area contributed by atoms with Crippen molar-refractivity contribution in [2.45, 2.75) is 19.5 Å². The monoisotopic (exact) mass is 358 g/mol. The van der Waals surface area contributed by atoms with Gasteiger partial charge in [0.2, 0.25) is 0 Å². The van der Waals surface area contributed by atoms with Gasteiger partial charge in [-0.2, -0.15) is 0 Å². The van der Waals surface area contributed by atoms with Gasteiger partial charge in [-0.3, -0.25) is 0 Å². The Labute approximate surface area is 152 Å². The standard InChI is InChI=1S/C19H22N2O5/c1-13(20-12-14-8-5-4-6-9-14)16(18(22)24-2)17(21-19(23)25-3)15-10-7-11-26-15/h4-11,17,20H,12H2,1-3H3,(H,21,23)/b16-13-. The number of carbonyl (C=O) groups is 2. The van der Waals surface area contributed by atoms with E-state index in [0.717, 1.165) is 5.56 Å². The lowest BCUT2D eigenvalue weighted by atomic mass is 10.0. The van der Waals surface area contributed by atoms with Gasteiger partial charge in [0.25, 0.3) is 0 Å². The predicted molar refractivity (Wildman–Crippen MR) is 95.0 cm³/mol. The van der Waals surface area contributed by atoms with Crippen molar-refractivity contribution in [1.29, 1.82) is 0 Å². The fourth-order valence-electron chi connectivity index (χ4n) is 2.44. The van der Waals surface area contributed by atoms with Crippen LogP contribution in [0.15, 0.2) is 64.4 Å². The molecule has 0 aliphatic heterocycles. The number of nitrogens with one attached hydrogen (secondary N) is 2. The summed E-state index contributed by atoms with van der Waals surface area (Å²) in [6.07, 6.45) is 0.770. The summed E-state index contributed by atoms with van der Waals surface area (Å²) in [7, 11) is 2.53. The van der Waals surface area contributed by atoms with Gasteiger partial charge >= 0.3 is 12.1 Å². The minimum absolute atomic E-state index is 0.226. The Kier molecular flexibility index (Phi) is 6.84. The van der Waals surface area contributed by atoms with Gasteiger partial charge in [0.1, 0.15) is 11.8 Å². The fraction of sp³-hybridized carbons (Fsp3) is 0.263. The van der Waals surface area contributed by atoms with E-state index in [9.17, 15) is 9.59 Å². The summed E-state index contributed by atoms with van der Waals surface area (Å²) in [6.45, 7) is 2.25. The predicted octanol–water partition coefficient (Wildman–Crippen LogP) is 2.91. The van der Waals surface area contributed by atoms with Crippen molar-refractivity contribution in [3.63, 3.8) is 0 Å². The van der Waals surface area contributed by atoms with E-state index in [1.54, 1.807) is 19.1 Å². The molecular weight excluding hydrogens is 336 g/mol. The summed E-state index contributed by atoms with van der Waals surface area (Å²) < 4.78 is 15.0. The number of benzene rings is 1. The average Bonchev–Trinajstić information content (AvgIpc) is 3.20. The summed E-state index contributed by atoms with van der Waals surface area (Å²) in [5, 5.41) is 5.80. The third kappa shape index (κ3) is 4.89. The highest BCUT2D eigenvalue weighted by atomic mass is 16.5. The van der Waals surface area contributed by atoms with E-state index in [2.05, 4.69) is 15.4 Å². The first-order chi connectivity index (χ1) is 12.6. The van der Waals surface area contributed by atoms with Crippen molar-refractivity contribution >= 4 is 12.1 Å². The molecule has 0 radical (unpaired) electrons. The summed E-state index contributed by atoms with van der Waals surface area (Å²) in [4.78, 5) is 24.2. The topological polar surface area (TPSA) is 89.8 Å². The van der Waals surface area contributed by atoms with Crippen molar-refractivity contribution in [3.8, 4) is 0 Å². The molecule has 0 aliphatic rings. The van der Waals surface area contributed by atoms with Crippen LogP contribution in [-0.4, -0.2) is 26.3 Å². The SMILES string of the molecule is COC(=O)NC(/C(C(=O)OC)=C(\C)NCc1ccccc1)c1ccco1. The van der Waals surface area contributed by atoms with E-state index in [1.165, 1.54) is 20.5 Å². The second-order valence-corrected chi connectivity index (χ2v) is 5.45. The van der Waals surface area contributed by atoms with E-state index < -0.39 is 18.1 Å². The van der Waals surface area contributed by atoms with Crippen molar-refractivity contribution in [1.82, 2.24) is 10.6 Å². The Morgan fingerprint density at radius 3 is 2.38 bits per heavy atom. The van der Waals surface area contributed by atoms with Gasteiger partial charge in [-0.05, 0) is 24.6 Å². The zero-order chi connectivity index (χ0) is 18.9. The molecule has 0 aliphatic carbocycles. The first-order valence-corrected chi connectivity index (χ1v) is 8.01. The molecule has 0 saturated carbocycles. The fourth-order valence-corrected chi connectivity index (χ4v) is 2.44. The maximum atomic E-state index is 12.4. The van der Waals surface area contributed by atoms with Crippen LogP contribution in [0.25, 0.3) is 0 Å². The number of esters is 1. The number of methoxy groups -OCH3 is 2. The largest absolute Gasteiger partial charge is 0.467 e. The molecule has 1 unspecified atom stereocenters. The summed E-state index contributed by atoms with van der Waals surface area (Å²) in [5.41, 5.74) is 1.83. The third-order valence-electron chi connectivity index (χ3n) is 3.77. The van der Waals surface area contributed by atoms with Crippen LogP contribution in [0.2, 0.25) is 0 Å². The molecule has 1 aromatic carbocycles. The van der Waals surface area contributed by atoms with Gasteiger partial charge in [-0.15, -0.1) is 0 Å². The van der Waals surface area contributed by atoms with E-state index in [4.69, 9.17) is 9.15 Å². The smallest absolute Gasteiger partial charge is 0.407 e. The number of rotatable bonds is 7. The maximum Gasteiger partial charge on any atom is 0.407 e. The Balaban J connectivity index is 2.34. The highest BCUT2D eigenvalue weighted by Crippen LogP contribution is 2.26. The number of allylic oxidation sites excluding steroid dienone is 1. The van der Waals surface area contributed by atoms with E-state index in [1.807, 2.05) is 30.3 Å². The molecule has 0 saturated heterocycles. The Bertz CT molecular complexity index is 754. The Morgan fingerprint density at radius 1 is 1.08 bits per heavy atom. The van der Waals surface area contributed by atoms with Crippen LogP contribution in [0, 0.1) is 0 Å². The van der Waals surface area contributed by atoms with Crippen molar-refractivity contribution < 1.29 is 23.5 Å². The number of hydrogen-bond donors (Lipinski definition) is 2. The summed E-state index contributed by atoms with van der Waals surface area (Å²) in [5.74, 6) is -0.197. The van der Waals surface area contributed by atoms with Crippen LogP contribution < -0.4 is 10.6 Å². The van der Waals surface area contributed by atoms with Gasteiger partial charge in [-0.25, -0.2) is 9.59 Å². The van der Waals surface area contributed by atoms with Gasteiger partial charge in [0.15, 0.2) is 0 Å².